The molecule has 0 amide bonds. The second-order valence-corrected chi connectivity index (χ2v) is 11.0. The Morgan fingerprint density at radius 1 is 1.37 bits per heavy atom. The Morgan fingerprint density at radius 3 is 2.97 bits per heavy atom. The van der Waals surface area contributed by atoms with Crippen LogP contribution in [0.15, 0.2) is 46.1 Å². The number of aliphatic carboxylic acids is 1. The van der Waals surface area contributed by atoms with Crippen LogP contribution in [0.1, 0.15) is 37.4 Å². The first-order valence-corrected chi connectivity index (χ1v) is 13.8. The number of carboxylic acids is 1. The van der Waals surface area contributed by atoms with Crippen LogP contribution in [0.3, 0.4) is 0 Å². The lowest BCUT2D eigenvalue weighted by molar-refractivity contribution is -0.139. The topological polar surface area (TPSA) is 82.9 Å². The molecule has 0 spiro atoms. The van der Waals surface area contributed by atoms with E-state index in [9.17, 15) is 19.4 Å². The number of pyridine rings is 1. The van der Waals surface area contributed by atoms with Crippen LogP contribution in [0.25, 0.3) is 10.9 Å². The van der Waals surface area contributed by atoms with E-state index in [2.05, 4.69) is 26.7 Å². The summed E-state index contributed by atoms with van der Waals surface area (Å²) in [6.45, 7) is 2.56. The van der Waals surface area contributed by atoms with Crippen LogP contribution in [0.2, 0.25) is 0 Å². The quantitative estimate of drug-likeness (QED) is 0.326. The molecule has 0 radical (unpaired) electrons. The molecule has 2 N–H and O–H groups in total. The average molecular weight is 519 g/mol. The van der Waals surface area contributed by atoms with Crippen molar-refractivity contribution in [2.45, 2.75) is 36.7 Å². The minimum atomic E-state index is -1.00. The molecule has 35 heavy (non-hydrogen) atoms. The van der Waals surface area contributed by atoms with Crippen molar-refractivity contribution in [1.29, 1.82) is 0 Å². The van der Waals surface area contributed by atoms with Crippen LogP contribution in [-0.2, 0) is 4.79 Å². The van der Waals surface area contributed by atoms with Crippen molar-refractivity contribution in [3.63, 3.8) is 0 Å². The van der Waals surface area contributed by atoms with Crippen molar-refractivity contribution >= 4 is 40.0 Å². The number of aliphatic hydroxyl groups is 1. The van der Waals surface area contributed by atoms with Crippen molar-refractivity contribution < 1.29 is 24.1 Å². The SMILES string of the molecule is COc1ccc2ncc(F)c(C(O)CCC3CCN(CCSc4ccsc4)CC3CC(=O)O)c2c1. The maximum absolute atomic E-state index is 14.7. The van der Waals surface area contributed by atoms with E-state index in [1.54, 1.807) is 36.6 Å². The Labute approximate surface area is 213 Å². The lowest BCUT2D eigenvalue weighted by Gasteiger charge is -2.38. The van der Waals surface area contributed by atoms with Crippen LogP contribution >= 0.6 is 23.1 Å². The summed E-state index contributed by atoms with van der Waals surface area (Å²) in [5.41, 5.74) is 0.824. The molecule has 1 saturated heterocycles. The third kappa shape index (κ3) is 6.73. The lowest BCUT2D eigenvalue weighted by atomic mass is 9.79. The number of likely N-dealkylation sites (tertiary alicyclic amines) is 1. The maximum Gasteiger partial charge on any atom is 0.303 e. The highest BCUT2D eigenvalue weighted by Gasteiger charge is 2.31. The Morgan fingerprint density at radius 2 is 2.23 bits per heavy atom. The number of aliphatic hydroxyl groups excluding tert-OH is 1. The molecule has 0 bridgehead atoms. The minimum Gasteiger partial charge on any atom is -0.497 e. The van der Waals surface area contributed by atoms with E-state index in [0.717, 1.165) is 38.0 Å². The number of methoxy groups -OCH3 is 1. The van der Waals surface area contributed by atoms with Gasteiger partial charge in [0.05, 0.1) is 24.9 Å². The van der Waals surface area contributed by atoms with Crippen LogP contribution in [0.4, 0.5) is 4.39 Å². The van der Waals surface area contributed by atoms with Gasteiger partial charge in [-0.3, -0.25) is 9.78 Å². The van der Waals surface area contributed by atoms with Crippen molar-refractivity contribution in [3.8, 4) is 5.75 Å². The van der Waals surface area contributed by atoms with E-state index < -0.39 is 17.9 Å². The Kier molecular flexibility index (Phi) is 8.99. The number of fused-ring (bicyclic) bond motifs is 1. The zero-order valence-corrected chi connectivity index (χ0v) is 21.4. The predicted octanol–water partition coefficient (Wildman–Crippen LogP) is 5.46. The van der Waals surface area contributed by atoms with Gasteiger partial charge in [-0.15, -0.1) is 11.8 Å². The van der Waals surface area contributed by atoms with Gasteiger partial charge in [-0.05, 0) is 67.3 Å². The first-order chi connectivity index (χ1) is 16.9. The molecular formula is C26H31FN2O4S2. The standard InChI is InChI=1S/C26H31FN2O4S2/c1-33-19-3-4-23-21(13-19)26(22(27)14-28-23)24(30)5-2-17-6-8-29(15-18(17)12-25(31)32)9-11-35-20-7-10-34-16-20/h3-4,7,10,13-14,16-18,24,30H,2,5-6,8-9,11-12,15H2,1H3,(H,31,32). The number of ether oxygens (including phenoxy) is 1. The van der Waals surface area contributed by atoms with Gasteiger partial charge in [-0.1, -0.05) is 0 Å². The van der Waals surface area contributed by atoms with Crippen molar-refractivity contribution in [2.75, 3.05) is 32.5 Å². The number of benzene rings is 1. The molecule has 9 heteroatoms. The van der Waals surface area contributed by atoms with E-state index in [-0.39, 0.29) is 23.8 Å². The third-order valence-electron chi connectivity index (χ3n) is 6.80. The summed E-state index contributed by atoms with van der Waals surface area (Å²) in [7, 11) is 1.54. The van der Waals surface area contributed by atoms with Gasteiger partial charge >= 0.3 is 5.97 Å². The highest BCUT2D eigenvalue weighted by molar-refractivity contribution is 7.99. The number of piperidine rings is 1. The zero-order valence-electron chi connectivity index (χ0n) is 19.7. The van der Waals surface area contributed by atoms with Gasteiger partial charge in [0.2, 0.25) is 0 Å². The maximum atomic E-state index is 14.7. The van der Waals surface area contributed by atoms with E-state index in [4.69, 9.17) is 4.74 Å². The second-order valence-electron chi connectivity index (χ2n) is 9.01. The monoisotopic (exact) mass is 518 g/mol. The molecule has 1 aromatic carbocycles. The second kappa shape index (κ2) is 12.2. The fourth-order valence-corrected chi connectivity index (χ4v) is 6.76. The summed E-state index contributed by atoms with van der Waals surface area (Å²) in [5.74, 6) is 0.388. The first kappa shape index (κ1) is 25.9. The van der Waals surface area contributed by atoms with Crippen LogP contribution in [0.5, 0.6) is 5.75 Å². The fourth-order valence-electron chi connectivity index (χ4n) is 4.97. The van der Waals surface area contributed by atoms with Crippen LogP contribution < -0.4 is 4.74 Å². The van der Waals surface area contributed by atoms with E-state index >= 15 is 0 Å². The molecule has 6 nitrogen and oxygen atoms in total. The number of nitrogens with zero attached hydrogens (tertiary/aromatic N) is 2. The van der Waals surface area contributed by atoms with Gasteiger partial charge < -0.3 is 19.8 Å². The smallest absolute Gasteiger partial charge is 0.303 e. The molecule has 3 heterocycles. The third-order valence-corrected chi connectivity index (χ3v) is 8.60. The number of thiophene rings is 1. The molecule has 3 atom stereocenters. The number of aromatic nitrogens is 1. The van der Waals surface area contributed by atoms with Gasteiger partial charge in [0.15, 0.2) is 0 Å². The fraction of sp³-hybridized carbons (Fsp3) is 0.462. The largest absolute Gasteiger partial charge is 0.497 e. The molecule has 0 saturated carbocycles. The zero-order chi connectivity index (χ0) is 24.8. The summed E-state index contributed by atoms with van der Waals surface area (Å²) >= 11 is 3.51. The lowest BCUT2D eigenvalue weighted by Crippen LogP contribution is -2.42. The molecule has 4 rings (SSSR count). The Hall–Kier alpha value is -2.20. The molecular weight excluding hydrogens is 487 g/mol. The molecule has 1 aliphatic heterocycles. The van der Waals surface area contributed by atoms with Gasteiger partial charge in [0, 0.05) is 46.5 Å². The number of carboxylic acid groups (broad SMARTS) is 1. The highest BCUT2D eigenvalue weighted by Crippen LogP contribution is 2.36. The summed E-state index contributed by atoms with van der Waals surface area (Å²) in [6, 6.07) is 7.32. The molecule has 3 aromatic rings. The van der Waals surface area contributed by atoms with E-state index in [1.165, 1.54) is 4.90 Å². The summed E-state index contributed by atoms with van der Waals surface area (Å²) < 4.78 is 20.0. The molecule has 2 aromatic heterocycles. The van der Waals surface area contributed by atoms with E-state index in [1.807, 2.05) is 11.8 Å². The summed E-state index contributed by atoms with van der Waals surface area (Å²) in [5, 5.41) is 25.2. The molecule has 1 fully saturated rings. The highest BCUT2D eigenvalue weighted by atomic mass is 32.2. The summed E-state index contributed by atoms with van der Waals surface area (Å²) in [6.07, 6.45) is 2.14. The first-order valence-electron chi connectivity index (χ1n) is 11.8. The van der Waals surface area contributed by atoms with Crippen molar-refractivity contribution in [3.05, 3.63) is 52.6 Å². The Bertz CT molecular complexity index is 1130. The van der Waals surface area contributed by atoms with Gasteiger partial charge in [-0.25, -0.2) is 4.39 Å². The van der Waals surface area contributed by atoms with Gasteiger partial charge in [-0.2, -0.15) is 11.3 Å². The molecule has 1 aliphatic rings. The van der Waals surface area contributed by atoms with E-state index in [0.29, 0.717) is 29.5 Å². The number of thioether (sulfide) groups is 1. The average Bonchev–Trinajstić information content (AvgIpc) is 3.36. The number of carbonyl (C=O) groups is 1. The van der Waals surface area contributed by atoms with Gasteiger partial charge in [0.25, 0.3) is 0 Å². The summed E-state index contributed by atoms with van der Waals surface area (Å²) in [4.78, 5) is 19.3. The molecule has 0 aliphatic carbocycles. The molecule has 188 valence electrons. The van der Waals surface area contributed by atoms with Crippen LogP contribution in [0, 0.1) is 17.7 Å². The van der Waals surface area contributed by atoms with Crippen LogP contribution in [-0.4, -0.2) is 58.6 Å². The number of hydrogen-bond acceptors (Lipinski definition) is 7. The minimum absolute atomic E-state index is 0.0127. The Balaban J connectivity index is 1.39. The number of halogens is 1. The normalized spacial score (nSPS) is 19.6. The number of hydrogen-bond donors (Lipinski definition) is 2. The van der Waals surface area contributed by atoms with Gasteiger partial charge in [0.1, 0.15) is 11.6 Å². The number of rotatable bonds is 11. The van der Waals surface area contributed by atoms with Crippen molar-refractivity contribution in [2.24, 2.45) is 11.8 Å². The molecule has 3 unspecified atom stereocenters. The predicted molar refractivity (Wildman–Crippen MR) is 138 cm³/mol. The van der Waals surface area contributed by atoms with Crippen molar-refractivity contribution in [1.82, 2.24) is 9.88 Å².